The van der Waals surface area contributed by atoms with Crippen molar-refractivity contribution in [3.8, 4) is 0 Å². The maximum atomic E-state index is 12.4. The molecule has 4 aliphatic rings. The van der Waals surface area contributed by atoms with Gasteiger partial charge >= 0.3 is 5.97 Å². The van der Waals surface area contributed by atoms with Crippen LogP contribution in [0.1, 0.15) is 85.0 Å². The predicted molar refractivity (Wildman–Crippen MR) is 122 cm³/mol. The van der Waals surface area contributed by atoms with Crippen LogP contribution in [0.2, 0.25) is 0 Å². The largest absolute Gasteiger partial charge is 0.481 e. The van der Waals surface area contributed by atoms with Crippen LogP contribution >= 0.6 is 22.6 Å². The van der Waals surface area contributed by atoms with E-state index < -0.39 is 11.6 Å². The molecule has 166 valence electrons. The van der Waals surface area contributed by atoms with Crippen LogP contribution in [0.5, 0.6) is 0 Å². The van der Waals surface area contributed by atoms with Crippen LogP contribution in [0.25, 0.3) is 0 Å². The molecule has 4 nitrogen and oxygen atoms in total. The Bertz CT molecular complexity index is 655. The highest BCUT2D eigenvalue weighted by Crippen LogP contribution is 2.71. The number of aliphatic hydroxyl groups is 2. The minimum absolute atomic E-state index is 0.0880. The third kappa shape index (κ3) is 3.23. The van der Waals surface area contributed by atoms with Gasteiger partial charge < -0.3 is 15.3 Å². The first-order valence-electron chi connectivity index (χ1n) is 11.8. The van der Waals surface area contributed by atoms with Gasteiger partial charge in [-0.3, -0.25) is 4.79 Å². The minimum Gasteiger partial charge on any atom is -0.481 e. The van der Waals surface area contributed by atoms with Gasteiger partial charge in [0.2, 0.25) is 0 Å². The molecule has 5 heteroatoms. The van der Waals surface area contributed by atoms with Crippen LogP contribution in [0.3, 0.4) is 0 Å². The second-order valence-corrected chi connectivity index (χ2v) is 12.9. The van der Waals surface area contributed by atoms with E-state index in [-0.39, 0.29) is 27.3 Å². The summed E-state index contributed by atoms with van der Waals surface area (Å²) in [6, 6.07) is 0. The summed E-state index contributed by atoms with van der Waals surface area (Å²) in [6.07, 6.45) is 9.06. The SMILES string of the molecule is C[C@H](CCC(=O)O)C1CCC2C3CC[C@@H]4C[C@H](O)CC[C@]4(C)[C@@]3(O)C(I)C[C@@]21C. The summed E-state index contributed by atoms with van der Waals surface area (Å²) in [4.78, 5) is 11.1. The van der Waals surface area contributed by atoms with Crippen LogP contribution in [-0.4, -0.2) is 36.9 Å². The molecular formula is C24H39IO4. The Kier molecular flexibility index (Phi) is 5.86. The Labute approximate surface area is 189 Å². The molecule has 0 saturated heterocycles. The molecule has 0 amide bonds. The van der Waals surface area contributed by atoms with E-state index in [1.807, 2.05) is 0 Å². The van der Waals surface area contributed by atoms with E-state index in [2.05, 4.69) is 43.4 Å². The van der Waals surface area contributed by atoms with Crippen molar-refractivity contribution >= 4 is 28.6 Å². The molecule has 0 spiro atoms. The zero-order valence-electron chi connectivity index (χ0n) is 18.2. The second kappa shape index (κ2) is 7.61. The van der Waals surface area contributed by atoms with Crippen molar-refractivity contribution in [1.29, 1.82) is 0 Å². The van der Waals surface area contributed by atoms with Crippen molar-refractivity contribution in [2.75, 3.05) is 0 Å². The zero-order chi connectivity index (χ0) is 21.2. The van der Waals surface area contributed by atoms with Crippen molar-refractivity contribution in [3.63, 3.8) is 0 Å². The zero-order valence-corrected chi connectivity index (χ0v) is 20.4. The quantitative estimate of drug-likeness (QED) is 0.360. The monoisotopic (exact) mass is 518 g/mol. The number of fused-ring (bicyclic) bond motifs is 5. The van der Waals surface area contributed by atoms with Gasteiger partial charge in [0.1, 0.15) is 0 Å². The number of halogens is 1. The lowest BCUT2D eigenvalue weighted by Gasteiger charge is -2.67. The third-order valence-corrected chi connectivity index (χ3v) is 11.7. The maximum absolute atomic E-state index is 12.4. The molecule has 4 saturated carbocycles. The van der Waals surface area contributed by atoms with Crippen LogP contribution in [0.15, 0.2) is 0 Å². The summed E-state index contributed by atoms with van der Waals surface area (Å²) < 4.78 is 0.224. The molecule has 4 fully saturated rings. The van der Waals surface area contributed by atoms with E-state index in [1.54, 1.807) is 0 Å². The van der Waals surface area contributed by atoms with Gasteiger partial charge in [0.15, 0.2) is 0 Å². The highest BCUT2D eigenvalue weighted by atomic mass is 127. The third-order valence-electron chi connectivity index (χ3n) is 10.3. The van der Waals surface area contributed by atoms with Crippen LogP contribution < -0.4 is 0 Å². The summed E-state index contributed by atoms with van der Waals surface area (Å²) in [5.41, 5.74) is -0.520. The fourth-order valence-corrected chi connectivity index (χ4v) is 10.9. The molecule has 4 unspecified atom stereocenters. The number of alkyl halides is 1. The molecule has 0 radical (unpaired) electrons. The van der Waals surface area contributed by atoms with Crippen LogP contribution in [0, 0.1) is 40.4 Å². The van der Waals surface area contributed by atoms with Crippen molar-refractivity contribution < 1.29 is 20.1 Å². The van der Waals surface area contributed by atoms with Gasteiger partial charge in [-0.05, 0) is 92.8 Å². The average Bonchev–Trinajstić information content (AvgIpc) is 2.98. The Morgan fingerprint density at radius 1 is 1.14 bits per heavy atom. The minimum atomic E-state index is -0.688. The molecule has 0 aromatic carbocycles. The number of carbonyl (C=O) groups is 1. The van der Waals surface area contributed by atoms with E-state index in [4.69, 9.17) is 5.11 Å². The number of rotatable bonds is 4. The summed E-state index contributed by atoms with van der Waals surface area (Å²) in [7, 11) is 0. The first-order chi connectivity index (χ1) is 13.5. The molecule has 10 atom stereocenters. The van der Waals surface area contributed by atoms with Gasteiger partial charge in [0, 0.05) is 15.8 Å². The van der Waals surface area contributed by atoms with Gasteiger partial charge in [-0.2, -0.15) is 0 Å². The molecule has 4 rings (SSSR count). The molecule has 0 bridgehead atoms. The predicted octanol–water partition coefficient (Wildman–Crippen LogP) is 5.04. The summed E-state index contributed by atoms with van der Waals surface area (Å²) in [6.45, 7) is 7.04. The lowest BCUT2D eigenvalue weighted by atomic mass is 9.42. The average molecular weight is 518 g/mol. The molecule has 0 heterocycles. The number of hydrogen-bond acceptors (Lipinski definition) is 3. The lowest BCUT2D eigenvalue weighted by Crippen LogP contribution is -2.70. The molecule has 3 N–H and O–H groups in total. The first kappa shape index (κ1) is 22.3. The van der Waals surface area contributed by atoms with Crippen LogP contribution in [-0.2, 0) is 4.79 Å². The van der Waals surface area contributed by atoms with Gasteiger partial charge in [-0.1, -0.05) is 43.4 Å². The Morgan fingerprint density at radius 2 is 1.83 bits per heavy atom. The summed E-state index contributed by atoms with van der Waals surface area (Å²) >= 11 is 2.56. The molecule has 0 aromatic heterocycles. The van der Waals surface area contributed by atoms with Crippen molar-refractivity contribution in [1.82, 2.24) is 0 Å². The van der Waals surface area contributed by atoms with Crippen molar-refractivity contribution in [3.05, 3.63) is 0 Å². The highest BCUT2D eigenvalue weighted by Gasteiger charge is 2.70. The second-order valence-electron chi connectivity index (χ2n) is 11.4. The van der Waals surface area contributed by atoms with Gasteiger partial charge in [-0.15, -0.1) is 0 Å². The topological polar surface area (TPSA) is 77.8 Å². The fourth-order valence-electron chi connectivity index (χ4n) is 8.75. The normalized spacial score (nSPS) is 52.9. The number of carboxylic acids is 1. The Hall–Kier alpha value is 0.120. The number of hydrogen-bond donors (Lipinski definition) is 3. The standard InChI is InChI=1S/C24H39IO4/c1-14(4-9-21(27)28)17-7-8-18-19-6-5-15-12-16(26)10-11-23(15,3)24(19,29)20(25)13-22(17,18)2/h14-20,26,29H,4-13H2,1-3H3,(H,27,28)/t14-,15-,16-,17?,18?,19?,20?,22-,23+,24+/m1/s1. The first-order valence-corrected chi connectivity index (χ1v) is 13.0. The van der Waals surface area contributed by atoms with Crippen LogP contribution in [0.4, 0.5) is 0 Å². The fraction of sp³-hybridized carbons (Fsp3) is 0.958. The van der Waals surface area contributed by atoms with Crippen molar-refractivity contribution in [2.24, 2.45) is 40.4 Å². The lowest BCUT2D eigenvalue weighted by molar-refractivity contribution is -0.235. The molecule has 4 aliphatic carbocycles. The van der Waals surface area contributed by atoms with E-state index in [0.717, 1.165) is 44.9 Å². The molecule has 29 heavy (non-hydrogen) atoms. The Balaban J connectivity index is 1.62. The van der Waals surface area contributed by atoms with E-state index in [9.17, 15) is 15.0 Å². The Morgan fingerprint density at radius 3 is 2.52 bits per heavy atom. The number of aliphatic hydroxyl groups excluding tert-OH is 1. The molecule has 0 aliphatic heterocycles. The molecule has 0 aromatic rings. The highest BCUT2D eigenvalue weighted by molar-refractivity contribution is 14.1. The number of carboxylic acid groups (broad SMARTS) is 1. The smallest absolute Gasteiger partial charge is 0.303 e. The maximum Gasteiger partial charge on any atom is 0.303 e. The van der Waals surface area contributed by atoms with Gasteiger partial charge in [-0.25, -0.2) is 0 Å². The molecular weight excluding hydrogens is 479 g/mol. The van der Waals surface area contributed by atoms with E-state index in [0.29, 0.717) is 29.6 Å². The van der Waals surface area contributed by atoms with E-state index >= 15 is 0 Å². The number of aliphatic carboxylic acids is 1. The van der Waals surface area contributed by atoms with Gasteiger partial charge in [0.05, 0.1) is 11.7 Å². The summed E-state index contributed by atoms with van der Waals surface area (Å²) in [5.74, 6) is 1.62. The van der Waals surface area contributed by atoms with Gasteiger partial charge in [0.25, 0.3) is 0 Å². The summed E-state index contributed by atoms with van der Waals surface area (Å²) in [5, 5.41) is 31.8. The van der Waals surface area contributed by atoms with E-state index in [1.165, 1.54) is 12.8 Å². The van der Waals surface area contributed by atoms with Crippen molar-refractivity contribution in [2.45, 2.75) is 101 Å².